The first kappa shape index (κ1) is 16.6. The molecule has 5 nitrogen and oxygen atoms in total. The summed E-state index contributed by atoms with van der Waals surface area (Å²) in [6, 6.07) is 5.48. The minimum absolute atomic E-state index is 0.0867. The molecule has 1 saturated heterocycles. The Morgan fingerprint density at radius 1 is 1.08 bits per heavy atom. The average Bonchev–Trinajstić information content (AvgIpc) is 2.89. The Hall–Kier alpha value is -1.53. The van der Waals surface area contributed by atoms with Crippen molar-refractivity contribution in [3.63, 3.8) is 0 Å². The van der Waals surface area contributed by atoms with Crippen LogP contribution in [-0.2, 0) is 14.0 Å². The predicted octanol–water partition coefficient (Wildman–Crippen LogP) is 2.91. The van der Waals surface area contributed by atoms with Gasteiger partial charge in [-0.25, -0.2) is 4.79 Å². The van der Waals surface area contributed by atoms with Crippen LogP contribution in [0.5, 0.6) is 5.75 Å². The van der Waals surface area contributed by atoms with Gasteiger partial charge in [-0.3, -0.25) is 0 Å². The van der Waals surface area contributed by atoms with Crippen molar-refractivity contribution in [1.29, 1.82) is 0 Å². The molecule has 0 aromatic heterocycles. The molecule has 5 aliphatic rings. The fourth-order valence-electron chi connectivity index (χ4n) is 5.56. The molecule has 2 bridgehead atoms. The number of hydrogen-bond acceptors (Lipinski definition) is 5. The Morgan fingerprint density at radius 2 is 1.85 bits per heavy atom. The van der Waals surface area contributed by atoms with Gasteiger partial charge in [0.2, 0.25) is 5.79 Å². The minimum Gasteiger partial charge on any atom is -0.452 e. The monoisotopic (exact) mass is 356 g/mol. The molecule has 6 heteroatoms. The van der Waals surface area contributed by atoms with Crippen LogP contribution >= 0.6 is 0 Å². The number of rotatable bonds is 1. The first-order chi connectivity index (χ1) is 12.1. The molecule has 1 aromatic carbocycles. The molecular formula is C20H25BO5. The molecule has 4 fully saturated rings. The highest BCUT2D eigenvalue weighted by molar-refractivity contribution is 6.63. The molecule has 0 radical (unpaired) electrons. The molecule has 0 amide bonds. The second kappa shape index (κ2) is 4.84. The second-order valence-corrected chi connectivity index (χ2v) is 9.42. The number of cyclic esters (lactones) is 1. The van der Waals surface area contributed by atoms with Crippen molar-refractivity contribution in [2.75, 3.05) is 0 Å². The van der Waals surface area contributed by atoms with Gasteiger partial charge in [0, 0.05) is 19.3 Å². The first-order valence-electron chi connectivity index (χ1n) is 9.50. The van der Waals surface area contributed by atoms with Crippen LogP contribution < -0.4 is 10.2 Å². The van der Waals surface area contributed by atoms with Gasteiger partial charge in [-0.1, -0.05) is 26.0 Å². The van der Waals surface area contributed by atoms with Crippen LogP contribution in [0.1, 0.15) is 57.8 Å². The largest absolute Gasteiger partial charge is 0.498 e. The quantitative estimate of drug-likeness (QED) is 0.572. The summed E-state index contributed by atoms with van der Waals surface area (Å²) in [5, 5.41) is 0. The van der Waals surface area contributed by atoms with Gasteiger partial charge in [0.25, 0.3) is 0 Å². The molecule has 3 saturated carbocycles. The molecule has 26 heavy (non-hydrogen) atoms. The number of hydrogen-bond donors (Lipinski definition) is 0. The summed E-state index contributed by atoms with van der Waals surface area (Å²) in [6.45, 7) is 10.3. The normalized spacial score (nSPS) is 38.6. The second-order valence-electron chi connectivity index (χ2n) is 9.42. The number of fused-ring (bicyclic) bond motifs is 1. The highest BCUT2D eigenvalue weighted by Crippen LogP contribution is 2.65. The van der Waals surface area contributed by atoms with Crippen molar-refractivity contribution in [2.24, 2.45) is 17.3 Å². The van der Waals surface area contributed by atoms with Gasteiger partial charge in [0.05, 0.1) is 11.7 Å². The van der Waals surface area contributed by atoms with E-state index in [0.717, 1.165) is 11.9 Å². The Labute approximate surface area is 154 Å². The van der Waals surface area contributed by atoms with E-state index in [1.54, 1.807) is 19.9 Å². The topological polar surface area (TPSA) is 54.0 Å². The molecule has 0 N–H and O–H groups in total. The maximum absolute atomic E-state index is 12.3. The van der Waals surface area contributed by atoms with Crippen LogP contribution in [0, 0.1) is 17.3 Å². The number of ether oxygens (including phenoxy) is 2. The van der Waals surface area contributed by atoms with Crippen molar-refractivity contribution in [2.45, 2.75) is 65.0 Å². The summed E-state index contributed by atoms with van der Waals surface area (Å²) in [7, 11) is -0.517. The van der Waals surface area contributed by atoms with Crippen molar-refractivity contribution < 1.29 is 23.6 Å². The zero-order valence-electron chi connectivity index (χ0n) is 16.0. The fourth-order valence-corrected chi connectivity index (χ4v) is 5.56. The van der Waals surface area contributed by atoms with Gasteiger partial charge in [-0.2, -0.15) is 0 Å². The summed E-state index contributed by atoms with van der Waals surface area (Å²) >= 11 is 0. The standard InChI is InChI=1S/C20H25BO5/c1-18(2)11-9-14(18)20(5)15(10-11)25-21(26-20)13-8-6-7-12-16(13)23-19(3,4)24-17(12)22/h6-8,11,14-15H,9-10H2,1-5H3/t11?,14-,15+,20-/m0/s1. The summed E-state index contributed by atoms with van der Waals surface area (Å²) in [5.74, 6) is 0.336. The van der Waals surface area contributed by atoms with E-state index in [9.17, 15) is 4.79 Å². The zero-order valence-corrected chi connectivity index (χ0v) is 16.0. The number of para-hydroxylation sites is 1. The third kappa shape index (κ3) is 2.03. The van der Waals surface area contributed by atoms with E-state index in [-0.39, 0.29) is 17.7 Å². The van der Waals surface area contributed by atoms with E-state index >= 15 is 0 Å². The molecule has 4 atom stereocenters. The third-order valence-electron chi connectivity index (χ3n) is 7.15. The summed E-state index contributed by atoms with van der Waals surface area (Å²) in [6.07, 6.45) is 2.32. The highest BCUT2D eigenvalue weighted by atomic mass is 16.7. The van der Waals surface area contributed by atoms with Crippen molar-refractivity contribution in [1.82, 2.24) is 0 Å². The molecule has 138 valence electrons. The van der Waals surface area contributed by atoms with Gasteiger partial charge in [0.15, 0.2) is 0 Å². The number of benzene rings is 1. The van der Waals surface area contributed by atoms with Crippen molar-refractivity contribution in [3.8, 4) is 5.75 Å². The number of carbonyl (C=O) groups excluding carboxylic acids is 1. The molecule has 3 aliphatic carbocycles. The van der Waals surface area contributed by atoms with E-state index in [0.29, 0.717) is 28.6 Å². The van der Waals surface area contributed by atoms with Crippen LogP contribution in [-0.4, -0.2) is 30.6 Å². The highest BCUT2D eigenvalue weighted by Gasteiger charge is 2.68. The molecule has 2 aliphatic heterocycles. The zero-order chi connectivity index (χ0) is 18.5. The Bertz CT molecular complexity index is 803. The smallest absolute Gasteiger partial charge is 0.452 e. The number of carbonyl (C=O) groups is 1. The maximum atomic E-state index is 12.3. The lowest BCUT2D eigenvalue weighted by molar-refractivity contribution is -0.199. The van der Waals surface area contributed by atoms with Gasteiger partial charge in [0.1, 0.15) is 11.3 Å². The van der Waals surface area contributed by atoms with Crippen molar-refractivity contribution in [3.05, 3.63) is 23.8 Å². The van der Waals surface area contributed by atoms with Crippen LogP contribution in [0.3, 0.4) is 0 Å². The van der Waals surface area contributed by atoms with Crippen LogP contribution in [0.25, 0.3) is 0 Å². The van der Waals surface area contributed by atoms with Gasteiger partial charge < -0.3 is 18.8 Å². The van der Waals surface area contributed by atoms with E-state index in [2.05, 4.69) is 20.8 Å². The van der Waals surface area contributed by atoms with Crippen molar-refractivity contribution >= 4 is 18.6 Å². The third-order valence-corrected chi connectivity index (χ3v) is 7.15. The summed E-state index contributed by atoms with van der Waals surface area (Å²) < 4.78 is 24.2. The van der Waals surface area contributed by atoms with Gasteiger partial charge in [-0.05, 0) is 43.1 Å². The van der Waals surface area contributed by atoms with E-state index in [4.69, 9.17) is 18.8 Å². The van der Waals surface area contributed by atoms with Crippen LogP contribution in [0.2, 0.25) is 0 Å². The summed E-state index contributed by atoms with van der Waals surface area (Å²) in [4.78, 5) is 12.3. The van der Waals surface area contributed by atoms with E-state index in [1.807, 2.05) is 12.1 Å². The molecule has 6 rings (SSSR count). The maximum Gasteiger partial charge on any atom is 0.498 e. The van der Waals surface area contributed by atoms with E-state index in [1.165, 1.54) is 6.42 Å². The molecular weight excluding hydrogens is 331 g/mol. The molecule has 0 spiro atoms. The Kier molecular flexibility index (Phi) is 3.10. The predicted molar refractivity (Wildman–Crippen MR) is 96.3 cm³/mol. The van der Waals surface area contributed by atoms with Crippen LogP contribution in [0.4, 0.5) is 0 Å². The molecule has 1 unspecified atom stereocenters. The lowest BCUT2D eigenvalue weighted by Gasteiger charge is -2.64. The lowest BCUT2D eigenvalue weighted by atomic mass is 9.43. The Balaban J connectivity index is 1.52. The Morgan fingerprint density at radius 3 is 2.58 bits per heavy atom. The van der Waals surface area contributed by atoms with E-state index < -0.39 is 12.9 Å². The number of esters is 1. The fraction of sp³-hybridized carbons (Fsp3) is 0.650. The molecule has 1 aromatic rings. The van der Waals surface area contributed by atoms with Gasteiger partial charge in [-0.15, -0.1) is 0 Å². The SMILES string of the molecule is CC1(C)OC(=O)c2cccc(B3O[C@@H]4CC5C[C@@H](C5(C)C)[C@]4(C)O3)c2O1. The first-order valence-corrected chi connectivity index (χ1v) is 9.50. The summed E-state index contributed by atoms with van der Waals surface area (Å²) in [5.41, 5.74) is 1.20. The minimum atomic E-state index is -1.00. The van der Waals surface area contributed by atoms with Crippen LogP contribution in [0.15, 0.2) is 18.2 Å². The average molecular weight is 356 g/mol. The van der Waals surface area contributed by atoms with Gasteiger partial charge >= 0.3 is 13.1 Å². The lowest BCUT2D eigenvalue weighted by Crippen LogP contribution is -2.65. The molecule has 2 heterocycles.